The van der Waals surface area contributed by atoms with Gasteiger partial charge >= 0.3 is 0 Å². The molecule has 0 spiro atoms. The Hall–Kier alpha value is -0.300. The molecular formula is C8H13N. The van der Waals surface area contributed by atoms with Crippen molar-refractivity contribution in [2.24, 2.45) is 5.92 Å². The van der Waals surface area contributed by atoms with Crippen molar-refractivity contribution in [3.63, 3.8) is 0 Å². The lowest BCUT2D eigenvalue weighted by Gasteiger charge is -2.21. The van der Waals surface area contributed by atoms with E-state index in [9.17, 15) is 0 Å². The summed E-state index contributed by atoms with van der Waals surface area (Å²) in [4.78, 5) is 0. The molecular weight excluding hydrogens is 110 g/mol. The first-order valence-electron chi connectivity index (χ1n) is 3.86. The molecule has 1 fully saturated rings. The number of hydrogen-bond acceptors (Lipinski definition) is 1. The number of fused-ring (bicyclic) bond motifs is 1. The van der Waals surface area contributed by atoms with Crippen LogP contribution in [0.5, 0.6) is 0 Å². The Morgan fingerprint density at radius 1 is 1.56 bits per heavy atom. The Morgan fingerprint density at radius 2 is 2.56 bits per heavy atom. The van der Waals surface area contributed by atoms with Gasteiger partial charge in [-0.25, -0.2) is 0 Å². The van der Waals surface area contributed by atoms with Crippen LogP contribution in [0.1, 0.15) is 19.3 Å². The van der Waals surface area contributed by atoms with E-state index < -0.39 is 0 Å². The van der Waals surface area contributed by atoms with E-state index in [1.165, 1.54) is 32.4 Å². The molecule has 0 radical (unpaired) electrons. The van der Waals surface area contributed by atoms with Gasteiger partial charge in [0.05, 0.1) is 0 Å². The monoisotopic (exact) mass is 123 g/mol. The van der Waals surface area contributed by atoms with Gasteiger partial charge in [0.25, 0.3) is 0 Å². The average molecular weight is 123 g/mol. The first kappa shape index (κ1) is 5.48. The summed E-state index contributed by atoms with van der Waals surface area (Å²) >= 11 is 0. The van der Waals surface area contributed by atoms with E-state index in [-0.39, 0.29) is 0 Å². The van der Waals surface area contributed by atoms with E-state index in [1.54, 1.807) is 5.57 Å². The van der Waals surface area contributed by atoms with Crippen LogP contribution in [0.2, 0.25) is 0 Å². The Balaban J connectivity index is 2.09. The zero-order valence-electron chi connectivity index (χ0n) is 5.69. The summed E-state index contributed by atoms with van der Waals surface area (Å²) in [6.07, 6.45) is 6.49. The Kier molecular flexibility index (Phi) is 1.31. The highest BCUT2D eigenvalue weighted by atomic mass is 14.9. The lowest BCUT2D eigenvalue weighted by atomic mass is 9.96. The van der Waals surface area contributed by atoms with Gasteiger partial charge in [-0.05, 0) is 31.7 Å². The molecule has 0 aromatic rings. The fraction of sp³-hybridized carbons (Fsp3) is 0.750. The maximum absolute atomic E-state index is 3.42. The molecule has 0 saturated carbocycles. The van der Waals surface area contributed by atoms with Crippen molar-refractivity contribution >= 4 is 0 Å². The van der Waals surface area contributed by atoms with Crippen LogP contribution in [0.15, 0.2) is 11.6 Å². The van der Waals surface area contributed by atoms with Gasteiger partial charge in [-0.3, -0.25) is 0 Å². The number of allylic oxidation sites excluding steroid dienone is 1. The molecule has 1 nitrogen and oxygen atoms in total. The third kappa shape index (κ3) is 0.897. The van der Waals surface area contributed by atoms with Crippen LogP contribution in [0.4, 0.5) is 0 Å². The van der Waals surface area contributed by atoms with Crippen LogP contribution in [-0.4, -0.2) is 13.1 Å². The summed E-state index contributed by atoms with van der Waals surface area (Å²) in [7, 11) is 0. The predicted octanol–water partition coefficient (Wildman–Crippen LogP) is 1.32. The zero-order valence-corrected chi connectivity index (χ0v) is 5.69. The molecule has 9 heavy (non-hydrogen) atoms. The second kappa shape index (κ2) is 2.14. The summed E-state index contributed by atoms with van der Waals surface area (Å²) in [5, 5.41) is 3.42. The molecule has 1 atom stereocenters. The molecule has 0 aromatic heterocycles. The molecule has 1 saturated heterocycles. The molecule has 1 aliphatic heterocycles. The molecule has 1 heterocycles. The lowest BCUT2D eigenvalue weighted by molar-refractivity contribution is 0.474. The van der Waals surface area contributed by atoms with Crippen LogP contribution < -0.4 is 5.32 Å². The molecule has 2 rings (SSSR count). The number of nitrogens with one attached hydrogen (secondary N) is 1. The van der Waals surface area contributed by atoms with Crippen molar-refractivity contribution in [1.29, 1.82) is 0 Å². The lowest BCUT2D eigenvalue weighted by Crippen LogP contribution is -2.29. The molecule has 2 aliphatic rings. The SMILES string of the molecule is C1=C2CCNCC2CC1. The van der Waals surface area contributed by atoms with E-state index >= 15 is 0 Å². The van der Waals surface area contributed by atoms with Crippen LogP contribution in [-0.2, 0) is 0 Å². The van der Waals surface area contributed by atoms with Crippen molar-refractivity contribution < 1.29 is 0 Å². The van der Waals surface area contributed by atoms with Crippen LogP contribution in [0.25, 0.3) is 0 Å². The highest BCUT2D eigenvalue weighted by molar-refractivity contribution is 5.15. The minimum absolute atomic E-state index is 0.916. The maximum atomic E-state index is 3.42. The Labute approximate surface area is 56.1 Å². The summed E-state index contributed by atoms with van der Waals surface area (Å²) < 4.78 is 0. The summed E-state index contributed by atoms with van der Waals surface area (Å²) in [6, 6.07) is 0. The average Bonchev–Trinajstić information content (AvgIpc) is 2.33. The zero-order chi connectivity index (χ0) is 6.10. The standard InChI is InChI=1S/C8H13N/c1-2-7-4-5-9-6-8(7)3-1/h2,8-9H,1,3-6H2. The third-order valence-electron chi connectivity index (χ3n) is 2.43. The first-order chi connectivity index (χ1) is 4.47. The molecule has 0 bridgehead atoms. The van der Waals surface area contributed by atoms with Gasteiger partial charge in [-0.2, -0.15) is 0 Å². The van der Waals surface area contributed by atoms with Gasteiger partial charge < -0.3 is 5.32 Å². The number of hydrogen-bond donors (Lipinski definition) is 1. The minimum atomic E-state index is 0.916. The fourth-order valence-electron chi connectivity index (χ4n) is 1.87. The van der Waals surface area contributed by atoms with Crippen molar-refractivity contribution in [2.75, 3.05) is 13.1 Å². The van der Waals surface area contributed by atoms with Crippen molar-refractivity contribution in [1.82, 2.24) is 5.32 Å². The van der Waals surface area contributed by atoms with Gasteiger partial charge in [-0.15, -0.1) is 0 Å². The highest BCUT2D eigenvalue weighted by Gasteiger charge is 2.20. The van der Waals surface area contributed by atoms with Crippen LogP contribution in [0.3, 0.4) is 0 Å². The highest BCUT2D eigenvalue weighted by Crippen LogP contribution is 2.29. The van der Waals surface area contributed by atoms with Crippen LogP contribution >= 0.6 is 0 Å². The normalized spacial score (nSPS) is 33.8. The molecule has 50 valence electrons. The van der Waals surface area contributed by atoms with Gasteiger partial charge in [0.2, 0.25) is 0 Å². The first-order valence-corrected chi connectivity index (χ1v) is 3.86. The largest absolute Gasteiger partial charge is 0.316 e. The molecule has 0 amide bonds. The summed E-state index contributed by atoms with van der Waals surface area (Å²) in [6.45, 7) is 2.45. The third-order valence-corrected chi connectivity index (χ3v) is 2.43. The molecule has 0 aromatic carbocycles. The second-order valence-electron chi connectivity index (χ2n) is 3.01. The van der Waals surface area contributed by atoms with E-state index in [2.05, 4.69) is 11.4 Å². The summed E-state index contributed by atoms with van der Waals surface area (Å²) in [5.41, 5.74) is 1.73. The van der Waals surface area contributed by atoms with Crippen LogP contribution in [0, 0.1) is 5.92 Å². The molecule has 1 heteroatoms. The van der Waals surface area contributed by atoms with Gasteiger partial charge in [0, 0.05) is 6.54 Å². The fourth-order valence-corrected chi connectivity index (χ4v) is 1.87. The van der Waals surface area contributed by atoms with Crippen molar-refractivity contribution in [3.8, 4) is 0 Å². The van der Waals surface area contributed by atoms with E-state index in [4.69, 9.17) is 0 Å². The number of rotatable bonds is 0. The van der Waals surface area contributed by atoms with E-state index in [1.807, 2.05) is 0 Å². The quantitative estimate of drug-likeness (QED) is 0.479. The van der Waals surface area contributed by atoms with E-state index in [0.29, 0.717) is 0 Å². The second-order valence-corrected chi connectivity index (χ2v) is 3.01. The molecule has 1 N–H and O–H groups in total. The predicted molar refractivity (Wildman–Crippen MR) is 38.3 cm³/mol. The maximum Gasteiger partial charge on any atom is 0.00171 e. The summed E-state index contributed by atoms with van der Waals surface area (Å²) in [5.74, 6) is 0.916. The van der Waals surface area contributed by atoms with Gasteiger partial charge in [0.1, 0.15) is 0 Å². The van der Waals surface area contributed by atoms with Crippen molar-refractivity contribution in [2.45, 2.75) is 19.3 Å². The smallest absolute Gasteiger partial charge is 0.00171 e. The van der Waals surface area contributed by atoms with Gasteiger partial charge in [0.15, 0.2) is 0 Å². The Morgan fingerprint density at radius 3 is 3.44 bits per heavy atom. The van der Waals surface area contributed by atoms with Crippen molar-refractivity contribution in [3.05, 3.63) is 11.6 Å². The topological polar surface area (TPSA) is 12.0 Å². The van der Waals surface area contributed by atoms with E-state index in [0.717, 1.165) is 5.92 Å². The minimum Gasteiger partial charge on any atom is -0.316 e. The Bertz CT molecular complexity index is 138. The van der Waals surface area contributed by atoms with Gasteiger partial charge in [-0.1, -0.05) is 11.6 Å². The molecule has 1 unspecified atom stereocenters. The molecule has 1 aliphatic carbocycles. The number of piperidine rings is 1.